The molecule has 1 amide bonds. The van der Waals surface area contributed by atoms with Crippen molar-refractivity contribution in [3.05, 3.63) is 53.7 Å². The third-order valence-corrected chi connectivity index (χ3v) is 9.05. The lowest BCUT2D eigenvalue weighted by molar-refractivity contribution is -0.599. The van der Waals surface area contributed by atoms with E-state index in [4.69, 9.17) is 14.2 Å². The Morgan fingerprint density at radius 2 is 1.48 bits per heavy atom. The number of carbonyl (C=O) groups excluding carboxylic acids is 2. The van der Waals surface area contributed by atoms with Crippen molar-refractivity contribution in [1.82, 2.24) is 5.32 Å². The summed E-state index contributed by atoms with van der Waals surface area (Å²) in [5.74, 6) is 0.546. The number of amides is 1. The first-order chi connectivity index (χ1) is 15.4. The van der Waals surface area contributed by atoms with E-state index in [0.717, 1.165) is 9.13 Å². The van der Waals surface area contributed by atoms with Crippen LogP contribution in [-0.4, -0.2) is 39.2 Å². The molecule has 0 aromatic heterocycles. The fraction of sp³-hybridized carbons (Fsp3) is 0.462. The summed E-state index contributed by atoms with van der Waals surface area (Å²) in [6, 6.07) is 7.50. The molecule has 7 heteroatoms. The van der Waals surface area contributed by atoms with E-state index in [2.05, 4.69) is 38.2 Å². The van der Waals surface area contributed by atoms with Crippen LogP contribution in [0.3, 0.4) is 0 Å². The second-order valence-corrected chi connectivity index (χ2v) is 11.9. The van der Waals surface area contributed by atoms with Crippen molar-refractivity contribution in [2.75, 3.05) is 21.3 Å². The van der Waals surface area contributed by atoms with Crippen molar-refractivity contribution in [1.29, 1.82) is 0 Å². The molecule has 2 rings (SSSR count). The minimum absolute atomic E-state index is 0.208. The average Bonchev–Trinajstić information content (AvgIpc) is 2.74. The number of nitrogens with one attached hydrogen (secondary N) is 1. The van der Waals surface area contributed by atoms with Gasteiger partial charge in [0.25, 0.3) is 0 Å². The Kier molecular flexibility index (Phi) is 9.17. The number of aryl methyl sites for hydroxylation is 3. The normalized spacial score (nSPS) is 12.2. The van der Waals surface area contributed by atoms with Gasteiger partial charge >= 0.3 is 27.2 Å². The van der Waals surface area contributed by atoms with Crippen molar-refractivity contribution in [2.45, 2.75) is 54.0 Å². The highest BCUT2D eigenvalue weighted by molar-refractivity contribution is 5.87. The van der Waals surface area contributed by atoms with Gasteiger partial charge in [-0.3, -0.25) is 4.79 Å². The minimum Gasteiger partial charge on any atom is -0.493 e. The second kappa shape index (κ2) is 11.2. The van der Waals surface area contributed by atoms with Crippen LogP contribution in [0.15, 0.2) is 24.3 Å². The number of hydrogen-bond donors (Lipinski definition) is 1. The summed E-state index contributed by atoms with van der Waals surface area (Å²) in [7, 11) is 4.53. The van der Waals surface area contributed by atoms with E-state index < -0.39 is 38.6 Å². The molecule has 1 atom stereocenters. The third-order valence-electron chi connectivity index (χ3n) is 5.23. The Morgan fingerprint density at radius 3 is 1.97 bits per heavy atom. The molecule has 1 N–H and O–H groups in total. The van der Waals surface area contributed by atoms with Gasteiger partial charge in [-0.15, -0.1) is 0 Å². The van der Waals surface area contributed by atoms with Crippen LogP contribution in [0.2, 0.25) is 0 Å². The summed E-state index contributed by atoms with van der Waals surface area (Å²) in [5.41, 5.74) is 4.05. The molecular weight excluding hydrogens is 533 g/mol. The van der Waals surface area contributed by atoms with Crippen molar-refractivity contribution in [2.24, 2.45) is 5.41 Å². The summed E-state index contributed by atoms with van der Waals surface area (Å²) in [4.78, 5) is 25.2. The van der Waals surface area contributed by atoms with Crippen LogP contribution in [0.5, 0.6) is 11.5 Å². The highest BCUT2D eigenvalue weighted by Crippen LogP contribution is 2.28. The minimum atomic E-state index is -0.803. The predicted molar refractivity (Wildman–Crippen MR) is 125 cm³/mol. The number of hydrogen-bond acceptors (Lipinski definition) is 5. The molecule has 0 bridgehead atoms. The zero-order valence-electron chi connectivity index (χ0n) is 21.0. The van der Waals surface area contributed by atoms with Gasteiger partial charge in [-0.05, 0) is 26.8 Å². The summed E-state index contributed by atoms with van der Waals surface area (Å²) < 4.78 is 18.6. The Balaban J connectivity index is 2.55. The summed E-state index contributed by atoms with van der Waals surface area (Å²) in [6.07, 6.45) is 0.299. The molecule has 2 aromatic rings. The van der Waals surface area contributed by atoms with Crippen LogP contribution in [0.1, 0.15) is 43.0 Å². The quantitative estimate of drug-likeness (QED) is 0.380. The molecule has 0 aliphatic heterocycles. The first kappa shape index (κ1) is 27.0. The lowest BCUT2D eigenvalue weighted by atomic mass is 9.94. The van der Waals surface area contributed by atoms with E-state index in [9.17, 15) is 9.59 Å². The lowest BCUT2D eigenvalue weighted by Gasteiger charge is -2.23. The van der Waals surface area contributed by atoms with E-state index >= 15 is 0 Å². The van der Waals surface area contributed by atoms with E-state index in [1.165, 1.54) is 27.4 Å². The van der Waals surface area contributed by atoms with Crippen LogP contribution in [-0.2, 0) is 20.7 Å². The molecule has 0 heterocycles. The maximum atomic E-state index is 12.6. The van der Waals surface area contributed by atoms with Crippen molar-refractivity contribution >= 4 is 11.9 Å². The van der Waals surface area contributed by atoms with Crippen molar-refractivity contribution in [3.63, 3.8) is 0 Å². The Hall–Kier alpha value is -2.29. The number of esters is 1. The van der Waals surface area contributed by atoms with Crippen molar-refractivity contribution < 1.29 is 45.0 Å². The van der Waals surface area contributed by atoms with Crippen LogP contribution >= 0.6 is 0 Å². The molecule has 0 saturated carbocycles. The topological polar surface area (TPSA) is 73.9 Å². The predicted octanol–water partition coefficient (Wildman–Crippen LogP) is 1.00. The molecular formula is C26H35INO5+. The molecule has 33 heavy (non-hydrogen) atoms. The molecule has 0 saturated heterocycles. The summed E-state index contributed by atoms with van der Waals surface area (Å²) in [5, 5.41) is 2.87. The molecule has 0 radical (unpaired) electrons. The molecule has 0 spiro atoms. The molecule has 180 valence electrons. The monoisotopic (exact) mass is 568 g/mol. The first-order valence-corrected chi connectivity index (χ1v) is 12.9. The number of methoxy groups -OCH3 is 3. The Morgan fingerprint density at radius 1 is 0.939 bits per heavy atom. The van der Waals surface area contributed by atoms with Gasteiger partial charge in [0.2, 0.25) is 9.48 Å². The Labute approximate surface area is 207 Å². The fourth-order valence-corrected chi connectivity index (χ4v) is 6.39. The van der Waals surface area contributed by atoms with Gasteiger partial charge in [0.1, 0.15) is 6.04 Å². The second-order valence-electron chi connectivity index (χ2n) is 9.11. The molecule has 6 nitrogen and oxygen atoms in total. The van der Waals surface area contributed by atoms with Gasteiger partial charge in [-0.1, -0.05) is 38.5 Å². The number of benzene rings is 2. The third kappa shape index (κ3) is 6.85. The fourth-order valence-electron chi connectivity index (χ4n) is 3.48. The maximum Gasteiger partial charge on any atom is 0.358 e. The maximum absolute atomic E-state index is 12.6. The van der Waals surface area contributed by atoms with E-state index in [1.807, 2.05) is 32.9 Å². The van der Waals surface area contributed by atoms with Gasteiger partial charge in [0.05, 0.1) is 21.3 Å². The summed E-state index contributed by atoms with van der Waals surface area (Å²) >= 11 is -0.591. The summed E-state index contributed by atoms with van der Waals surface area (Å²) in [6.45, 7) is 11.8. The number of halogens is 1. The largest absolute Gasteiger partial charge is 0.493 e. The molecule has 0 aliphatic carbocycles. The SMILES string of the molecule is COC(=O)[C@H](Cc1cc(OC)c(OC)cc1[I+]c1c(C)cc(C)cc1C)NC(=O)C(C)(C)C. The van der Waals surface area contributed by atoms with Gasteiger partial charge in [-0.2, -0.15) is 0 Å². The molecule has 0 fully saturated rings. The van der Waals surface area contributed by atoms with E-state index in [-0.39, 0.29) is 5.91 Å². The van der Waals surface area contributed by atoms with Crippen LogP contribution in [0.25, 0.3) is 0 Å². The highest BCUT2D eigenvalue weighted by atomic mass is 127. The smallest absolute Gasteiger partial charge is 0.358 e. The van der Waals surface area contributed by atoms with Crippen molar-refractivity contribution in [3.8, 4) is 11.5 Å². The Bertz CT molecular complexity index is 1000. The van der Waals surface area contributed by atoms with Crippen LogP contribution in [0, 0.1) is 33.3 Å². The van der Waals surface area contributed by atoms with Gasteiger partial charge in [0.15, 0.2) is 15.1 Å². The van der Waals surface area contributed by atoms with Gasteiger partial charge < -0.3 is 19.5 Å². The molecule has 0 aliphatic rings. The molecule has 2 aromatic carbocycles. The number of rotatable bonds is 8. The van der Waals surface area contributed by atoms with Crippen LogP contribution < -0.4 is 36.0 Å². The lowest BCUT2D eigenvalue weighted by Crippen LogP contribution is -3.62. The highest BCUT2D eigenvalue weighted by Gasteiger charge is 2.32. The number of ether oxygens (including phenoxy) is 3. The number of carbonyl (C=O) groups is 2. The van der Waals surface area contributed by atoms with Gasteiger partial charge in [-0.25, -0.2) is 4.79 Å². The van der Waals surface area contributed by atoms with E-state index in [1.54, 1.807) is 14.2 Å². The zero-order chi connectivity index (χ0) is 24.9. The average molecular weight is 568 g/mol. The first-order valence-electron chi connectivity index (χ1n) is 10.8. The van der Waals surface area contributed by atoms with Gasteiger partial charge in [0, 0.05) is 34.6 Å². The van der Waals surface area contributed by atoms with Crippen LogP contribution in [0.4, 0.5) is 0 Å². The standard InChI is InChI=1S/C26H34INO5/c1-15-10-16(2)23(17(3)11-15)27-19-14-22(32-8)21(31-7)13-18(19)12-20(24(29)33-9)28-25(30)26(4,5)6/h10-11,13-14,20H,12H2,1-9H3/p+1/t20-/m0/s1. The molecule has 0 unspecified atom stereocenters. The zero-order valence-corrected chi connectivity index (χ0v) is 23.2. The van der Waals surface area contributed by atoms with E-state index in [0.29, 0.717) is 17.9 Å².